The highest BCUT2D eigenvalue weighted by Gasteiger charge is 2.27. The molecule has 1 aliphatic heterocycles. The molecular formula is C14H24N4O2S. The largest absolute Gasteiger partial charge is 0.397 e. The van der Waals surface area contributed by atoms with Gasteiger partial charge >= 0.3 is 0 Å². The predicted octanol–water partition coefficient (Wildman–Crippen LogP) is 0.659. The number of hydrogen-bond donors (Lipinski definition) is 1. The van der Waals surface area contributed by atoms with E-state index in [2.05, 4.69) is 23.9 Å². The lowest BCUT2D eigenvalue weighted by molar-refractivity contribution is 0.315. The SMILES string of the molecule is CN(C)C1CCN(c2cc(S(=O)(=O)N(C)C)ccc2N)C1. The Morgan fingerprint density at radius 3 is 2.43 bits per heavy atom. The summed E-state index contributed by atoms with van der Waals surface area (Å²) in [5.74, 6) is 0. The van der Waals surface area contributed by atoms with Gasteiger partial charge in [-0.1, -0.05) is 0 Å². The van der Waals surface area contributed by atoms with E-state index in [-0.39, 0.29) is 4.90 Å². The smallest absolute Gasteiger partial charge is 0.242 e. The van der Waals surface area contributed by atoms with Crippen molar-refractivity contribution in [3.8, 4) is 0 Å². The molecule has 1 saturated heterocycles. The third-order valence-corrected chi connectivity index (χ3v) is 5.83. The van der Waals surface area contributed by atoms with E-state index >= 15 is 0 Å². The third kappa shape index (κ3) is 3.14. The van der Waals surface area contributed by atoms with Gasteiger partial charge in [-0.25, -0.2) is 12.7 Å². The van der Waals surface area contributed by atoms with Gasteiger partial charge in [0, 0.05) is 33.2 Å². The van der Waals surface area contributed by atoms with Crippen LogP contribution in [0.25, 0.3) is 0 Å². The van der Waals surface area contributed by atoms with E-state index < -0.39 is 10.0 Å². The Balaban J connectivity index is 2.33. The molecule has 1 aromatic rings. The van der Waals surface area contributed by atoms with Crippen molar-refractivity contribution in [2.24, 2.45) is 0 Å². The van der Waals surface area contributed by atoms with E-state index in [1.165, 1.54) is 18.4 Å². The summed E-state index contributed by atoms with van der Waals surface area (Å²) in [5, 5.41) is 0. The number of hydrogen-bond acceptors (Lipinski definition) is 5. The van der Waals surface area contributed by atoms with Crippen LogP contribution in [0.4, 0.5) is 11.4 Å². The highest BCUT2D eigenvalue weighted by Crippen LogP contribution is 2.30. The lowest BCUT2D eigenvalue weighted by Gasteiger charge is -2.24. The van der Waals surface area contributed by atoms with Crippen LogP contribution in [0, 0.1) is 0 Å². The minimum Gasteiger partial charge on any atom is -0.397 e. The van der Waals surface area contributed by atoms with Gasteiger partial charge in [0.15, 0.2) is 0 Å². The number of sulfonamides is 1. The number of nitrogen functional groups attached to an aromatic ring is 1. The van der Waals surface area contributed by atoms with E-state index in [1.54, 1.807) is 18.2 Å². The molecule has 1 aromatic carbocycles. The van der Waals surface area contributed by atoms with E-state index in [1.807, 2.05) is 0 Å². The number of benzene rings is 1. The first-order chi connectivity index (χ1) is 9.73. The molecular weight excluding hydrogens is 288 g/mol. The van der Waals surface area contributed by atoms with Gasteiger partial charge in [-0.05, 0) is 38.7 Å². The van der Waals surface area contributed by atoms with E-state index in [0.717, 1.165) is 25.2 Å². The molecule has 0 spiro atoms. The number of nitrogens with two attached hydrogens (primary N) is 1. The highest BCUT2D eigenvalue weighted by atomic mass is 32.2. The Bertz CT molecular complexity index is 613. The quantitative estimate of drug-likeness (QED) is 0.827. The molecule has 21 heavy (non-hydrogen) atoms. The van der Waals surface area contributed by atoms with Crippen LogP contribution in [-0.2, 0) is 10.0 Å². The minimum absolute atomic E-state index is 0.282. The van der Waals surface area contributed by atoms with Crippen LogP contribution in [0.5, 0.6) is 0 Å². The summed E-state index contributed by atoms with van der Waals surface area (Å²) in [6, 6.07) is 5.39. The van der Waals surface area contributed by atoms with Gasteiger partial charge < -0.3 is 15.5 Å². The molecule has 0 amide bonds. The summed E-state index contributed by atoms with van der Waals surface area (Å²) in [7, 11) is 3.75. The summed E-state index contributed by atoms with van der Waals surface area (Å²) in [5.41, 5.74) is 7.47. The topological polar surface area (TPSA) is 69.9 Å². The van der Waals surface area contributed by atoms with E-state index in [9.17, 15) is 8.42 Å². The van der Waals surface area contributed by atoms with Crippen LogP contribution in [0.1, 0.15) is 6.42 Å². The molecule has 1 unspecified atom stereocenters. The zero-order valence-electron chi connectivity index (χ0n) is 13.1. The Labute approximate surface area is 127 Å². The molecule has 1 heterocycles. The van der Waals surface area contributed by atoms with Crippen LogP contribution >= 0.6 is 0 Å². The van der Waals surface area contributed by atoms with Crippen LogP contribution in [0.2, 0.25) is 0 Å². The lowest BCUT2D eigenvalue weighted by Crippen LogP contribution is -2.31. The number of rotatable bonds is 4. The number of nitrogens with zero attached hydrogens (tertiary/aromatic N) is 3. The lowest BCUT2D eigenvalue weighted by atomic mass is 10.2. The van der Waals surface area contributed by atoms with Gasteiger partial charge in [-0.2, -0.15) is 0 Å². The molecule has 0 aromatic heterocycles. The highest BCUT2D eigenvalue weighted by molar-refractivity contribution is 7.89. The number of anilines is 2. The van der Waals surface area contributed by atoms with Crippen LogP contribution < -0.4 is 10.6 Å². The van der Waals surface area contributed by atoms with Crippen molar-refractivity contribution in [1.29, 1.82) is 0 Å². The van der Waals surface area contributed by atoms with Crippen molar-refractivity contribution in [2.45, 2.75) is 17.4 Å². The first kappa shape index (κ1) is 16.1. The molecule has 0 saturated carbocycles. The van der Waals surface area contributed by atoms with Gasteiger partial charge in [-0.15, -0.1) is 0 Å². The molecule has 1 aliphatic rings. The predicted molar refractivity (Wildman–Crippen MR) is 86.0 cm³/mol. The molecule has 0 bridgehead atoms. The fraction of sp³-hybridized carbons (Fsp3) is 0.571. The minimum atomic E-state index is -3.43. The zero-order chi connectivity index (χ0) is 15.8. The first-order valence-electron chi connectivity index (χ1n) is 6.97. The van der Waals surface area contributed by atoms with Crippen molar-refractivity contribution in [3.63, 3.8) is 0 Å². The van der Waals surface area contributed by atoms with Crippen molar-refractivity contribution < 1.29 is 8.42 Å². The maximum atomic E-state index is 12.2. The average molecular weight is 312 g/mol. The van der Waals surface area contributed by atoms with Gasteiger partial charge in [0.25, 0.3) is 0 Å². The molecule has 0 aliphatic carbocycles. The van der Waals surface area contributed by atoms with Gasteiger partial charge in [0.05, 0.1) is 16.3 Å². The van der Waals surface area contributed by atoms with Gasteiger partial charge in [0.1, 0.15) is 0 Å². The first-order valence-corrected chi connectivity index (χ1v) is 8.41. The van der Waals surface area contributed by atoms with Crippen LogP contribution in [0.3, 0.4) is 0 Å². The summed E-state index contributed by atoms with van der Waals surface area (Å²) in [6.07, 6.45) is 1.05. The average Bonchev–Trinajstić information content (AvgIpc) is 2.88. The second-order valence-electron chi connectivity index (χ2n) is 5.86. The maximum absolute atomic E-state index is 12.2. The van der Waals surface area contributed by atoms with Gasteiger partial charge in [0.2, 0.25) is 10.0 Å². The van der Waals surface area contributed by atoms with E-state index in [0.29, 0.717) is 11.7 Å². The monoisotopic (exact) mass is 312 g/mol. The molecule has 2 rings (SSSR count). The van der Waals surface area contributed by atoms with Crippen molar-refractivity contribution in [3.05, 3.63) is 18.2 Å². The van der Waals surface area contributed by atoms with Crippen molar-refractivity contribution >= 4 is 21.4 Å². The molecule has 1 atom stereocenters. The molecule has 2 N–H and O–H groups in total. The van der Waals surface area contributed by atoms with Crippen molar-refractivity contribution in [2.75, 3.05) is 51.9 Å². The third-order valence-electron chi connectivity index (χ3n) is 4.01. The molecule has 118 valence electrons. The molecule has 1 fully saturated rings. The maximum Gasteiger partial charge on any atom is 0.242 e. The van der Waals surface area contributed by atoms with Crippen LogP contribution in [-0.4, -0.2) is 64.9 Å². The fourth-order valence-electron chi connectivity index (χ4n) is 2.55. The second kappa shape index (κ2) is 5.82. The summed E-state index contributed by atoms with van der Waals surface area (Å²) in [4.78, 5) is 4.63. The Morgan fingerprint density at radius 2 is 1.90 bits per heavy atom. The Morgan fingerprint density at radius 1 is 1.24 bits per heavy atom. The summed E-state index contributed by atoms with van der Waals surface area (Å²) in [6.45, 7) is 1.75. The van der Waals surface area contributed by atoms with Crippen LogP contribution in [0.15, 0.2) is 23.1 Å². The Hall–Kier alpha value is -1.31. The number of likely N-dealkylation sites (N-methyl/N-ethyl adjacent to an activating group) is 1. The molecule has 0 radical (unpaired) electrons. The molecule has 7 heteroatoms. The summed E-state index contributed by atoms with van der Waals surface area (Å²) >= 11 is 0. The fourth-order valence-corrected chi connectivity index (χ4v) is 3.47. The zero-order valence-corrected chi connectivity index (χ0v) is 13.9. The standard InChI is InChI=1S/C14H24N4O2S/c1-16(2)11-7-8-18(10-11)14-9-12(5-6-13(14)15)21(19,20)17(3)4/h5-6,9,11H,7-8,10,15H2,1-4H3. The normalized spacial score (nSPS) is 19.7. The Kier molecular flexibility index (Phi) is 4.46. The second-order valence-corrected chi connectivity index (χ2v) is 8.01. The van der Waals surface area contributed by atoms with E-state index in [4.69, 9.17) is 5.73 Å². The van der Waals surface area contributed by atoms with Crippen molar-refractivity contribution in [1.82, 2.24) is 9.21 Å². The summed E-state index contributed by atoms with van der Waals surface area (Å²) < 4.78 is 25.7. The van der Waals surface area contributed by atoms with Gasteiger partial charge in [-0.3, -0.25) is 0 Å². The molecule has 6 nitrogen and oxygen atoms in total.